The van der Waals surface area contributed by atoms with Gasteiger partial charge in [-0.25, -0.2) is 0 Å². The molecule has 25 heavy (non-hydrogen) atoms. The zero-order valence-electron chi connectivity index (χ0n) is 13.5. The summed E-state index contributed by atoms with van der Waals surface area (Å²) in [6, 6.07) is 14.7. The van der Waals surface area contributed by atoms with E-state index >= 15 is 0 Å². The van der Waals surface area contributed by atoms with E-state index in [0.29, 0.717) is 11.3 Å². The molecular weight excluding hydrogens is 322 g/mol. The van der Waals surface area contributed by atoms with Crippen LogP contribution in [0.5, 0.6) is 0 Å². The number of rotatable bonds is 4. The lowest BCUT2D eigenvalue weighted by Gasteiger charge is -2.14. The summed E-state index contributed by atoms with van der Waals surface area (Å²) in [5.74, 6) is -1.06. The van der Waals surface area contributed by atoms with Crippen LogP contribution in [0.3, 0.4) is 0 Å². The number of benzene rings is 2. The Kier molecular flexibility index (Phi) is 4.76. The Morgan fingerprint density at radius 1 is 1.16 bits per heavy atom. The number of aryl methyl sites for hydroxylation is 1. The fourth-order valence-electron chi connectivity index (χ4n) is 2.52. The van der Waals surface area contributed by atoms with Gasteiger partial charge in [0.2, 0.25) is 0 Å². The van der Waals surface area contributed by atoms with E-state index in [1.807, 2.05) is 36.4 Å². The number of amides is 2. The lowest BCUT2D eigenvalue weighted by atomic mass is 10.0. The van der Waals surface area contributed by atoms with Gasteiger partial charge in [-0.3, -0.25) is 14.9 Å². The molecule has 3 rings (SSSR count). The second-order valence-electron chi connectivity index (χ2n) is 5.57. The van der Waals surface area contributed by atoms with Crippen molar-refractivity contribution in [2.45, 2.75) is 13.0 Å². The summed E-state index contributed by atoms with van der Waals surface area (Å²) < 4.78 is 4.81. The molecule has 3 N–H and O–H groups in total. The highest BCUT2D eigenvalue weighted by Crippen LogP contribution is 2.23. The van der Waals surface area contributed by atoms with Gasteiger partial charge in [-0.15, -0.1) is 0 Å². The van der Waals surface area contributed by atoms with E-state index in [2.05, 4.69) is 15.8 Å². The molecule has 0 aliphatic carbocycles. The van der Waals surface area contributed by atoms with E-state index in [0.717, 1.165) is 10.8 Å². The summed E-state index contributed by atoms with van der Waals surface area (Å²) in [6.07, 6.45) is -0.933. The van der Waals surface area contributed by atoms with Crippen LogP contribution >= 0.6 is 0 Å². The van der Waals surface area contributed by atoms with Crippen LogP contribution in [-0.2, 0) is 9.59 Å². The predicted octanol–water partition coefficient (Wildman–Crippen LogP) is 1.92. The molecule has 1 unspecified atom stereocenters. The molecule has 0 bridgehead atoms. The summed E-state index contributed by atoms with van der Waals surface area (Å²) in [5.41, 5.74) is 0.686. The van der Waals surface area contributed by atoms with Crippen LogP contribution in [0, 0.1) is 6.92 Å². The van der Waals surface area contributed by atoms with Gasteiger partial charge in [0.05, 0.1) is 6.10 Å². The average molecular weight is 339 g/mol. The van der Waals surface area contributed by atoms with Gasteiger partial charge in [0.25, 0.3) is 0 Å². The summed E-state index contributed by atoms with van der Waals surface area (Å²) in [7, 11) is 0. The fraction of sp³-hybridized carbons (Fsp3) is 0.167. The third-order valence-electron chi connectivity index (χ3n) is 3.71. The maximum absolute atomic E-state index is 11.9. The van der Waals surface area contributed by atoms with Gasteiger partial charge in [-0.1, -0.05) is 47.6 Å². The van der Waals surface area contributed by atoms with Crippen LogP contribution in [0.15, 0.2) is 53.1 Å². The molecule has 0 spiro atoms. The second kappa shape index (κ2) is 7.14. The van der Waals surface area contributed by atoms with Crippen LogP contribution in [0.1, 0.15) is 17.4 Å². The molecule has 2 amide bonds. The first-order valence-corrected chi connectivity index (χ1v) is 7.73. The van der Waals surface area contributed by atoms with Gasteiger partial charge in [0, 0.05) is 12.6 Å². The number of aromatic nitrogens is 1. The van der Waals surface area contributed by atoms with Crippen molar-refractivity contribution >= 4 is 28.4 Å². The van der Waals surface area contributed by atoms with E-state index in [4.69, 9.17) is 4.52 Å². The van der Waals surface area contributed by atoms with E-state index < -0.39 is 17.9 Å². The molecule has 128 valence electrons. The lowest BCUT2D eigenvalue weighted by molar-refractivity contribution is -0.136. The topological polar surface area (TPSA) is 104 Å². The maximum Gasteiger partial charge on any atom is 0.314 e. The molecule has 2 aromatic carbocycles. The van der Waals surface area contributed by atoms with E-state index in [1.165, 1.54) is 6.07 Å². The second-order valence-corrected chi connectivity index (χ2v) is 5.57. The molecule has 0 aliphatic rings. The van der Waals surface area contributed by atoms with Crippen molar-refractivity contribution < 1.29 is 19.2 Å². The maximum atomic E-state index is 11.9. The van der Waals surface area contributed by atoms with Gasteiger partial charge in [-0.2, -0.15) is 0 Å². The third-order valence-corrected chi connectivity index (χ3v) is 3.71. The molecule has 0 saturated heterocycles. The molecule has 1 aromatic heterocycles. The normalized spacial score (nSPS) is 11.9. The number of carbonyl (C=O) groups is 2. The Morgan fingerprint density at radius 2 is 1.92 bits per heavy atom. The smallest absolute Gasteiger partial charge is 0.314 e. The minimum Gasteiger partial charge on any atom is -0.387 e. The van der Waals surface area contributed by atoms with Gasteiger partial charge >= 0.3 is 11.8 Å². The van der Waals surface area contributed by atoms with Crippen LogP contribution < -0.4 is 10.6 Å². The quantitative estimate of drug-likeness (QED) is 0.630. The zero-order valence-corrected chi connectivity index (χ0v) is 13.5. The Hall–Kier alpha value is -3.19. The Balaban J connectivity index is 1.62. The van der Waals surface area contributed by atoms with Crippen molar-refractivity contribution in [2.75, 3.05) is 11.9 Å². The lowest BCUT2D eigenvalue weighted by Crippen LogP contribution is -2.37. The minimum absolute atomic E-state index is 0.0852. The summed E-state index contributed by atoms with van der Waals surface area (Å²) in [6.45, 7) is 1.58. The van der Waals surface area contributed by atoms with Crippen molar-refractivity contribution in [3.8, 4) is 0 Å². The molecule has 7 nitrogen and oxygen atoms in total. The Bertz CT molecular complexity index is 914. The number of hydrogen-bond donors (Lipinski definition) is 3. The SMILES string of the molecule is Cc1cc(NC(=O)C(=O)NCC(O)c2cccc3ccccc23)no1. The van der Waals surface area contributed by atoms with E-state index in [9.17, 15) is 14.7 Å². The Morgan fingerprint density at radius 3 is 2.68 bits per heavy atom. The first kappa shape index (κ1) is 16.7. The molecule has 0 fully saturated rings. The molecule has 1 heterocycles. The molecule has 0 radical (unpaired) electrons. The Labute approximate surface area is 143 Å². The molecule has 0 aliphatic heterocycles. The average Bonchev–Trinajstić information content (AvgIpc) is 3.03. The highest BCUT2D eigenvalue weighted by atomic mass is 16.5. The zero-order chi connectivity index (χ0) is 17.8. The summed E-state index contributed by atoms with van der Waals surface area (Å²) in [5, 5.41) is 20.6. The van der Waals surface area contributed by atoms with Crippen molar-refractivity contribution in [2.24, 2.45) is 0 Å². The van der Waals surface area contributed by atoms with Gasteiger partial charge in [0.15, 0.2) is 5.82 Å². The van der Waals surface area contributed by atoms with Gasteiger partial charge < -0.3 is 14.9 Å². The number of fused-ring (bicyclic) bond motifs is 1. The molecule has 3 aromatic rings. The first-order chi connectivity index (χ1) is 12.0. The summed E-state index contributed by atoms with van der Waals surface area (Å²) >= 11 is 0. The van der Waals surface area contributed by atoms with Crippen LogP contribution in [-0.4, -0.2) is 28.6 Å². The van der Waals surface area contributed by atoms with E-state index in [-0.39, 0.29) is 12.4 Å². The molecule has 7 heteroatoms. The van der Waals surface area contributed by atoms with Gasteiger partial charge in [-0.05, 0) is 23.3 Å². The van der Waals surface area contributed by atoms with Crippen molar-refractivity contribution in [1.82, 2.24) is 10.5 Å². The number of aliphatic hydroxyl groups is 1. The van der Waals surface area contributed by atoms with Crippen LogP contribution in [0.2, 0.25) is 0 Å². The molecule has 1 atom stereocenters. The number of hydrogen-bond acceptors (Lipinski definition) is 5. The number of carbonyl (C=O) groups excluding carboxylic acids is 2. The monoisotopic (exact) mass is 339 g/mol. The number of aliphatic hydroxyl groups excluding tert-OH is 1. The third kappa shape index (κ3) is 3.84. The molecule has 0 saturated carbocycles. The largest absolute Gasteiger partial charge is 0.387 e. The van der Waals surface area contributed by atoms with Crippen LogP contribution in [0.4, 0.5) is 5.82 Å². The van der Waals surface area contributed by atoms with E-state index in [1.54, 1.807) is 13.0 Å². The van der Waals surface area contributed by atoms with Crippen LogP contribution in [0.25, 0.3) is 10.8 Å². The summed E-state index contributed by atoms with van der Waals surface area (Å²) in [4.78, 5) is 23.7. The molecular formula is C18H17N3O4. The fourth-order valence-corrected chi connectivity index (χ4v) is 2.52. The van der Waals surface area contributed by atoms with Crippen molar-refractivity contribution in [3.63, 3.8) is 0 Å². The van der Waals surface area contributed by atoms with Crippen molar-refractivity contribution in [1.29, 1.82) is 0 Å². The highest BCUT2D eigenvalue weighted by molar-refractivity contribution is 6.39. The predicted molar refractivity (Wildman–Crippen MR) is 91.8 cm³/mol. The number of nitrogens with one attached hydrogen (secondary N) is 2. The van der Waals surface area contributed by atoms with Crippen molar-refractivity contribution in [3.05, 3.63) is 59.9 Å². The first-order valence-electron chi connectivity index (χ1n) is 7.73. The standard InChI is InChI=1S/C18H17N3O4/c1-11-9-16(21-25-11)20-18(24)17(23)19-10-15(22)14-8-4-6-12-5-2-3-7-13(12)14/h2-9,15,22H,10H2,1H3,(H,19,23)(H,20,21,24). The van der Waals surface area contributed by atoms with Gasteiger partial charge in [0.1, 0.15) is 5.76 Å². The number of anilines is 1. The highest BCUT2D eigenvalue weighted by Gasteiger charge is 2.18. The minimum atomic E-state index is -0.933. The number of nitrogens with zero attached hydrogens (tertiary/aromatic N) is 1.